The summed E-state index contributed by atoms with van der Waals surface area (Å²) in [6, 6.07) is 15.4. The molecule has 0 aliphatic heterocycles. The first-order valence-corrected chi connectivity index (χ1v) is 11.8. The van der Waals surface area contributed by atoms with Gasteiger partial charge in [0.05, 0.1) is 12.2 Å². The van der Waals surface area contributed by atoms with Gasteiger partial charge in [-0.05, 0) is 36.1 Å². The lowest BCUT2D eigenvalue weighted by Crippen LogP contribution is -2.18. The molecule has 0 atom stereocenters. The maximum absolute atomic E-state index is 12.6. The van der Waals surface area contributed by atoms with Crippen LogP contribution < -0.4 is 10.6 Å². The summed E-state index contributed by atoms with van der Waals surface area (Å²) in [6.45, 7) is 10.4. The number of carbonyl (C=O) groups excluding carboxylic acids is 2. The van der Waals surface area contributed by atoms with Crippen LogP contribution >= 0.6 is 11.8 Å². The summed E-state index contributed by atoms with van der Waals surface area (Å²) in [5.74, 6) is 0.700. The van der Waals surface area contributed by atoms with Crippen LogP contribution in [0.4, 0.5) is 11.4 Å². The van der Waals surface area contributed by atoms with Gasteiger partial charge in [-0.15, -0.1) is 16.8 Å². The molecule has 0 bridgehead atoms. The fourth-order valence-electron chi connectivity index (χ4n) is 3.35. The van der Waals surface area contributed by atoms with Crippen molar-refractivity contribution in [3.05, 3.63) is 78.1 Å². The Morgan fingerprint density at radius 3 is 2.39 bits per heavy atom. The standard InChI is InChI=1S/C25H29N5O2S/c1-5-14-30-22(15-23(31)26-20-12-8-6-10-18(20)4)28-29-25(30)33-16-24(32)27-21-13-9-7-11-19(21)17(2)3/h5-13,17H,1,14-16H2,2-4H3,(H,26,31)(H,27,32). The van der Waals surface area contributed by atoms with E-state index >= 15 is 0 Å². The Balaban J connectivity index is 1.64. The number of aromatic nitrogens is 3. The van der Waals surface area contributed by atoms with Gasteiger partial charge in [0.15, 0.2) is 5.16 Å². The molecule has 0 saturated carbocycles. The minimum absolute atomic E-state index is 0.0731. The number of nitrogens with zero attached hydrogens (tertiary/aromatic N) is 3. The molecule has 2 aromatic carbocycles. The molecule has 2 amide bonds. The first-order valence-electron chi connectivity index (χ1n) is 10.8. The minimum atomic E-state index is -0.179. The van der Waals surface area contributed by atoms with Crippen LogP contribution in [-0.2, 0) is 22.6 Å². The molecular weight excluding hydrogens is 434 g/mol. The van der Waals surface area contributed by atoms with E-state index < -0.39 is 0 Å². The zero-order chi connectivity index (χ0) is 23.8. The third-order valence-corrected chi connectivity index (χ3v) is 6.00. The Morgan fingerprint density at radius 2 is 1.70 bits per heavy atom. The Hall–Kier alpha value is -3.39. The van der Waals surface area contributed by atoms with E-state index in [1.54, 1.807) is 6.08 Å². The maximum atomic E-state index is 12.6. The van der Waals surface area contributed by atoms with Gasteiger partial charge < -0.3 is 15.2 Å². The predicted molar refractivity (Wildman–Crippen MR) is 134 cm³/mol. The Kier molecular flexibility index (Phi) is 8.43. The molecule has 0 aliphatic rings. The van der Waals surface area contributed by atoms with E-state index in [1.807, 2.05) is 60.0 Å². The lowest BCUT2D eigenvalue weighted by atomic mass is 10.0. The average molecular weight is 464 g/mol. The highest BCUT2D eigenvalue weighted by Gasteiger charge is 2.17. The molecule has 0 radical (unpaired) electrons. The Labute approximate surface area is 198 Å². The summed E-state index contributed by atoms with van der Waals surface area (Å²) >= 11 is 1.28. The summed E-state index contributed by atoms with van der Waals surface area (Å²) in [5, 5.41) is 14.9. The van der Waals surface area contributed by atoms with Gasteiger partial charge in [0.25, 0.3) is 0 Å². The van der Waals surface area contributed by atoms with Crippen LogP contribution in [0, 0.1) is 6.92 Å². The van der Waals surface area contributed by atoms with E-state index in [0.29, 0.717) is 23.4 Å². The highest BCUT2D eigenvalue weighted by molar-refractivity contribution is 7.99. The number of amides is 2. The maximum Gasteiger partial charge on any atom is 0.234 e. The average Bonchev–Trinajstić information content (AvgIpc) is 3.15. The second-order valence-electron chi connectivity index (χ2n) is 7.92. The van der Waals surface area contributed by atoms with E-state index in [1.165, 1.54) is 11.8 Å². The van der Waals surface area contributed by atoms with Crippen molar-refractivity contribution in [2.75, 3.05) is 16.4 Å². The van der Waals surface area contributed by atoms with Gasteiger partial charge in [-0.3, -0.25) is 9.59 Å². The molecule has 33 heavy (non-hydrogen) atoms. The summed E-state index contributed by atoms with van der Waals surface area (Å²) in [6.07, 6.45) is 1.79. The van der Waals surface area contributed by atoms with Gasteiger partial charge in [-0.25, -0.2) is 0 Å². The topological polar surface area (TPSA) is 88.9 Å². The number of allylic oxidation sites excluding steroid dienone is 1. The number of anilines is 2. The molecule has 1 aromatic heterocycles. The fraction of sp³-hybridized carbons (Fsp3) is 0.280. The smallest absolute Gasteiger partial charge is 0.234 e. The molecule has 0 fully saturated rings. The van der Waals surface area contributed by atoms with Crippen molar-refractivity contribution < 1.29 is 9.59 Å². The van der Waals surface area contributed by atoms with Crippen LogP contribution in [0.1, 0.15) is 36.7 Å². The molecule has 1 heterocycles. The van der Waals surface area contributed by atoms with Crippen LogP contribution in [0.15, 0.2) is 66.3 Å². The van der Waals surface area contributed by atoms with E-state index in [4.69, 9.17) is 0 Å². The number of rotatable bonds is 10. The lowest BCUT2D eigenvalue weighted by Gasteiger charge is -2.13. The van der Waals surface area contributed by atoms with Gasteiger partial charge in [0.1, 0.15) is 5.82 Å². The van der Waals surface area contributed by atoms with Gasteiger partial charge in [-0.1, -0.05) is 68.1 Å². The minimum Gasteiger partial charge on any atom is -0.325 e. The normalized spacial score (nSPS) is 10.8. The quantitative estimate of drug-likeness (QED) is 0.333. The summed E-state index contributed by atoms with van der Waals surface area (Å²) in [5.41, 5.74) is 3.66. The van der Waals surface area contributed by atoms with Crippen molar-refractivity contribution in [1.82, 2.24) is 14.8 Å². The van der Waals surface area contributed by atoms with Crippen molar-refractivity contribution in [2.45, 2.75) is 44.8 Å². The number of thioether (sulfide) groups is 1. The Morgan fingerprint density at radius 1 is 1.03 bits per heavy atom. The molecule has 3 rings (SSSR count). The number of carbonyl (C=O) groups is 2. The zero-order valence-electron chi connectivity index (χ0n) is 19.2. The summed E-state index contributed by atoms with van der Waals surface area (Å²) in [7, 11) is 0. The third kappa shape index (κ3) is 6.55. The van der Waals surface area contributed by atoms with Gasteiger partial charge >= 0.3 is 0 Å². The molecular formula is C25H29N5O2S. The number of benzene rings is 2. The number of hydrogen-bond acceptors (Lipinski definition) is 5. The van der Waals surface area contributed by atoms with Crippen LogP contribution in [-0.4, -0.2) is 32.3 Å². The van der Waals surface area contributed by atoms with E-state index in [0.717, 1.165) is 22.5 Å². The SMILES string of the molecule is C=CCn1c(CC(=O)Nc2ccccc2C)nnc1SCC(=O)Nc1ccccc1C(C)C. The first kappa shape index (κ1) is 24.3. The van der Waals surface area contributed by atoms with Crippen LogP contribution in [0.5, 0.6) is 0 Å². The number of aryl methyl sites for hydroxylation is 1. The van der Waals surface area contributed by atoms with Crippen molar-refractivity contribution in [1.29, 1.82) is 0 Å². The predicted octanol–water partition coefficient (Wildman–Crippen LogP) is 4.81. The number of hydrogen-bond donors (Lipinski definition) is 2. The summed E-state index contributed by atoms with van der Waals surface area (Å²) in [4.78, 5) is 25.1. The van der Waals surface area contributed by atoms with Crippen LogP contribution in [0.2, 0.25) is 0 Å². The largest absolute Gasteiger partial charge is 0.325 e. The molecule has 0 saturated heterocycles. The first-order chi connectivity index (χ1) is 15.9. The number of nitrogens with one attached hydrogen (secondary N) is 2. The second kappa shape index (κ2) is 11.5. The van der Waals surface area contributed by atoms with E-state index in [-0.39, 0.29) is 24.0 Å². The highest BCUT2D eigenvalue weighted by Crippen LogP contribution is 2.24. The monoisotopic (exact) mass is 463 g/mol. The zero-order valence-corrected chi connectivity index (χ0v) is 20.0. The molecule has 0 spiro atoms. The molecule has 8 heteroatoms. The van der Waals surface area contributed by atoms with Crippen molar-refractivity contribution in [3.63, 3.8) is 0 Å². The highest BCUT2D eigenvalue weighted by atomic mass is 32.2. The van der Waals surface area contributed by atoms with Crippen molar-refractivity contribution in [3.8, 4) is 0 Å². The fourth-order valence-corrected chi connectivity index (χ4v) is 4.12. The van der Waals surface area contributed by atoms with Gasteiger partial charge in [0, 0.05) is 17.9 Å². The van der Waals surface area contributed by atoms with Gasteiger partial charge in [-0.2, -0.15) is 0 Å². The molecule has 0 unspecified atom stereocenters. The molecule has 172 valence electrons. The number of para-hydroxylation sites is 2. The van der Waals surface area contributed by atoms with Crippen molar-refractivity contribution in [2.24, 2.45) is 0 Å². The molecule has 2 N–H and O–H groups in total. The Bertz CT molecular complexity index is 1140. The lowest BCUT2D eigenvalue weighted by molar-refractivity contribution is -0.116. The van der Waals surface area contributed by atoms with Crippen LogP contribution in [0.25, 0.3) is 0 Å². The van der Waals surface area contributed by atoms with E-state index in [2.05, 4.69) is 41.3 Å². The second-order valence-corrected chi connectivity index (χ2v) is 8.86. The third-order valence-electron chi connectivity index (χ3n) is 5.03. The molecule has 3 aromatic rings. The van der Waals surface area contributed by atoms with Crippen LogP contribution in [0.3, 0.4) is 0 Å². The van der Waals surface area contributed by atoms with E-state index in [9.17, 15) is 9.59 Å². The molecule has 0 aliphatic carbocycles. The van der Waals surface area contributed by atoms with Crippen molar-refractivity contribution >= 4 is 35.0 Å². The van der Waals surface area contributed by atoms with Gasteiger partial charge in [0.2, 0.25) is 11.8 Å². The summed E-state index contributed by atoms with van der Waals surface area (Å²) < 4.78 is 1.81. The molecule has 7 nitrogen and oxygen atoms in total.